The van der Waals surface area contributed by atoms with Crippen molar-refractivity contribution < 1.29 is 14.3 Å². The first-order valence-corrected chi connectivity index (χ1v) is 7.73. The standard InChI is InChI=1S/C16H21N3O3/c1-18-10-12(9-15(18)20)16(21)19-8-2-3-14(11-19)22-13-4-6-17-7-5-13/h4-7,12,14H,2-3,8-11H2,1H3. The Bertz CT molecular complexity index is 549. The van der Waals surface area contributed by atoms with Crippen LogP contribution < -0.4 is 4.74 Å². The molecule has 3 heterocycles. The maximum Gasteiger partial charge on any atom is 0.228 e. The first-order valence-electron chi connectivity index (χ1n) is 7.73. The number of aromatic nitrogens is 1. The van der Waals surface area contributed by atoms with Crippen molar-refractivity contribution in [2.24, 2.45) is 5.92 Å². The van der Waals surface area contributed by atoms with Crippen molar-refractivity contribution in [2.45, 2.75) is 25.4 Å². The summed E-state index contributed by atoms with van der Waals surface area (Å²) in [4.78, 5) is 31.6. The van der Waals surface area contributed by atoms with Gasteiger partial charge >= 0.3 is 0 Å². The van der Waals surface area contributed by atoms with Crippen molar-refractivity contribution in [2.75, 3.05) is 26.7 Å². The van der Waals surface area contributed by atoms with Gasteiger partial charge in [0, 0.05) is 39.0 Å². The van der Waals surface area contributed by atoms with Crippen LogP contribution in [-0.4, -0.2) is 59.4 Å². The molecule has 2 amide bonds. The second-order valence-corrected chi connectivity index (χ2v) is 6.02. The Labute approximate surface area is 130 Å². The average molecular weight is 303 g/mol. The Morgan fingerprint density at radius 2 is 2.09 bits per heavy atom. The van der Waals surface area contributed by atoms with Crippen LogP contribution in [0.4, 0.5) is 0 Å². The van der Waals surface area contributed by atoms with E-state index in [1.165, 1.54) is 0 Å². The zero-order valence-electron chi connectivity index (χ0n) is 12.8. The maximum atomic E-state index is 12.6. The first-order chi connectivity index (χ1) is 10.6. The summed E-state index contributed by atoms with van der Waals surface area (Å²) in [6.07, 6.45) is 5.60. The lowest BCUT2D eigenvalue weighted by atomic mass is 10.0. The van der Waals surface area contributed by atoms with Gasteiger partial charge in [0.05, 0.1) is 12.5 Å². The van der Waals surface area contributed by atoms with Crippen LogP contribution in [0.15, 0.2) is 24.5 Å². The zero-order valence-corrected chi connectivity index (χ0v) is 12.8. The second kappa shape index (κ2) is 6.34. The minimum absolute atomic E-state index is 0.00920. The van der Waals surface area contributed by atoms with E-state index in [0.717, 1.165) is 25.1 Å². The third-order valence-corrected chi connectivity index (χ3v) is 4.33. The van der Waals surface area contributed by atoms with Gasteiger partial charge in [0.1, 0.15) is 11.9 Å². The van der Waals surface area contributed by atoms with Gasteiger partial charge < -0.3 is 14.5 Å². The fraction of sp³-hybridized carbons (Fsp3) is 0.562. The molecule has 0 aliphatic carbocycles. The molecule has 3 rings (SSSR count). The predicted octanol–water partition coefficient (Wildman–Crippen LogP) is 0.930. The molecule has 2 aliphatic rings. The van der Waals surface area contributed by atoms with Crippen LogP contribution >= 0.6 is 0 Å². The molecule has 22 heavy (non-hydrogen) atoms. The third-order valence-electron chi connectivity index (χ3n) is 4.33. The number of carbonyl (C=O) groups is 2. The number of piperidine rings is 1. The summed E-state index contributed by atoms with van der Waals surface area (Å²) in [6, 6.07) is 3.65. The fourth-order valence-electron chi connectivity index (χ4n) is 3.13. The Morgan fingerprint density at radius 1 is 1.32 bits per heavy atom. The van der Waals surface area contributed by atoms with E-state index in [4.69, 9.17) is 4.74 Å². The summed E-state index contributed by atoms with van der Waals surface area (Å²) in [5.41, 5.74) is 0. The van der Waals surface area contributed by atoms with Gasteiger partial charge in [-0.2, -0.15) is 0 Å². The molecule has 118 valence electrons. The summed E-state index contributed by atoms with van der Waals surface area (Å²) in [7, 11) is 1.75. The summed E-state index contributed by atoms with van der Waals surface area (Å²) in [6.45, 7) is 1.88. The van der Waals surface area contributed by atoms with Crippen LogP contribution in [0.1, 0.15) is 19.3 Å². The van der Waals surface area contributed by atoms with Crippen molar-refractivity contribution >= 4 is 11.8 Å². The lowest BCUT2D eigenvalue weighted by Gasteiger charge is -2.34. The Kier molecular flexibility index (Phi) is 4.27. The summed E-state index contributed by atoms with van der Waals surface area (Å²) in [5.74, 6) is 0.725. The van der Waals surface area contributed by atoms with E-state index in [9.17, 15) is 9.59 Å². The number of likely N-dealkylation sites (tertiary alicyclic amines) is 2. The molecule has 2 atom stereocenters. The minimum Gasteiger partial charge on any atom is -0.488 e. The summed E-state index contributed by atoms with van der Waals surface area (Å²) < 4.78 is 5.93. The van der Waals surface area contributed by atoms with Gasteiger partial charge in [-0.25, -0.2) is 0 Å². The van der Waals surface area contributed by atoms with Gasteiger partial charge in [0.15, 0.2) is 0 Å². The molecule has 1 aromatic heterocycles. The zero-order chi connectivity index (χ0) is 15.5. The van der Waals surface area contributed by atoms with E-state index < -0.39 is 0 Å². The van der Waals surface area contributed by atoms with Crippen LogP contribution in [0, 0.1) is 5.92 Å². The number of carbonyl (C=O) groups excluding carboxylic acids is 2. The fourth-order valence-corrected chi connectivity index (χ4v) is 3.13. The van der Waals surface area contributed by atoms with E-state index in [1.807, 2.05) is 17.0 Å². The quantitative estimate of drug-likeness (QED) is 0.833. The number of amides is 2. The van der Waals surface area contributed by atoms with Gasteiger partial charge in [0.25, 0.3) is 0 Å². The molecular weight excluding hydrogens is 282 g/mol. The molecule has 0 spiro atoms. The number of nitrogens with zero attached hydrogens (tertiary/aromatic N) is 3. The molecule has 6 nitrogen and oxygen atoms in total. The van der Waals surface area contributed by atoms with Crippen molar-refractivity contribution in [3.05, 3.63) is 24.5 Å². The van der Waals surface area contributed by atoms with Gasteiger partial charge in [0.2, 0.25) is 11.8 Å². The van der Waals surface area contributed by atoms with Gasteiger partial charge in [-0.3, -0.25) is 14.6 Å². The van der Waals surface area contributed by atoms with E-state index in [1.54, 1.807) is 24.3 Å². The number of hydrogen-bond acceptors (Lipinski definition) is 4. The van der Waals surface area contributed by atoms with Crippen LogP contribution in [0.25, 0.3) is 0 Å². The Morgan fingerprint density at radius 3 is 2.77 bits per heavy atom. The Balaban J connectivity index is 1.58. The lowest BCUT2D eigenvalue weighted by molar-refractivity contribution is -0.138. The van der Waals surface area contributed by atoms with Gasteiger partial charge in [-0.1, -0.05) is 0 Å². The van der Waals surface area contributed by atoms with Crippen LogP contribution in [-0.2, 0) is 9.59 Å². The molecule has 6 heteroatoms. The smallest absolute Gasteiger partial charge is 0.228 e. The van der Waals surface area contributed by atoms with Crippen LogP contribution in [0.2, 0.25) is 0 Å². The second-order valence-electron chi connectivity index (χ2n) is 6.02. The van der Waals surface area contributed by atoms with Crippen LogP contribution in [0.5, 0.6) is 5.75 Å². The molecule has 0 radical (unpaired) electrons. The monoisotopic (exact) mass is 303 g/mol. The van der Waals surface area contributed by atoms with Gasteiger partial charge in [-0.15, -0.1) is 0 Å². The first kappa shape index (κ1) is 14.8. The molecule has 2 unspecified atom stereocenters. The van der Waals surface area contributed by atoms with Crippen molar-refractivity contribution in [1.82, 2.24) is 14.8 Å². The molecule has 0 bridgehead atoms. The highest BCUT2D eigenvalue weighted by molar-refractivity contribution is 5.89. The normalized spacial score (nSPS) is 25.4. The number of ether oxygens (including phenoxy) is 1. The Hall–Kier alpha value is -2.11. The highest BCUT2D eigenvalue weighted by Crippen LogP contribution is 2.23. The molecule has 0 N–H and O–H groups in total. The minimum atomic E-state index is -0.197. The van der Waals surface area contributed by atoms with Crippen molar-refractivity contribution in [3.63, 3.8) is 0 Å². The van der Waals surface area contributed by atoms with E-state index in [0.29, 0.717) is 19.5 Å². The van der Waals surface area contributed by atoms with E-state index >= 15 is 0 Å². The molecule has 2 aliphatic heterocycles. The third kappa shape index (κ3) is 3.21. The summed E-state index contributed by atoms with van der Waals surface area (Å²) in [5, 5.41) is 0. The number of hydrogen-bond donors (Lipinski definition) is 0. The topological polar surface area (TPSA) is 62.7 Å². The SMILES string of the molecule is CN1CC(C(=O)N2CCCC(Oc3ccncc3)C2)CC1=O. The molecule has 0 aromatic carbocycles. The molecule has 2 saturated heterocycles. The van der Waals surface area contributed by atoms with Gasteiger partial charge in [-0.05, 0) is 25.0 Å². The van der Waals surface area contributed by atoms with E-state index in [2.05, 4.69) is 4.98 Å². The molecule has 1 aromatic rings. The molecular formula is C16H21N3O3. The van der Waals surface area contributed by atoms with Crippen molar-refractivity contribution in [3.8, 4) is 5.75 Å². The molecule has 2 fully saturated rings. The highest BCUT2D eigenvalue weighted by Gasteiger charge is 2.36. The number of rotatable bonds is 3. The maximum absolute atomic E-state index is 12.6. The average Bonchev–Trinajstić information content (AvgIpc) is 2.87. The lowest BCUT2D eigenvalue weighted by Crippen LogP contribution is -2.47. The number of pyridine rings is 1. The highest BCUT2D eigenvalue weighted by atomic mass is 16.5. The molecule has 0 saturated carbocycles. The predicted molar refractivity (Wildman–Crippen MR) is 80.2 cm³/mol. The van der Waals surface area contributed by atoms with E-state index in [-0.39, 0.29) is 23.8 Å². The summed E-state index contributed by atoms with van der Waals surface area (Å²) >= 11 is 0. The largest absolute Gasteiger partial charge is 0.488 e. The van der Waals surface area contributed by atoms with Crippen LogP contribution in [0.3, 0.4) is 0 Å². The van der Waals surface area contributed by atoms with Crippen molar-refractivity contribution in [1.29, 1.82) is 0 Å².